The van der Waals surface area contributed by atoms with E-state index in [4.69, 9.17) is 4.74 Å². The van der Waals surface area contributed by atoms with Crippen molar-refractivity contribution in [3.8, 4) is 17.1 Å². The molecule has 0 bridgehead atoms. The molecule has 9 nitrogen and oxygen atoms in total. The third kappa shape index (κ3) is 4.82. The number of methoxy groups -OCH3 is 1. The summed E-state index contributed by atoms with van der Waals surface area (Å²) in [5, 5.41) is 0. The lowest BCUT2D eigenvalue weighted by Gasteiger charge is -2.35. The molecule has 2 aromatic heterocycles. The number of nitrogens with zero attached hydrogens (tertiary/aromatic N) is 6. The predicted molar refractivity (Wildman–Crippen MR) is 135 cm³/mol. The number of ether oxygens (including phenoxy) is 1. The van der Waals surface area contributed by atoms with Gasteiger partial charge >= 0.3 is 11.7 Å². The van der Waals surface area contributed by atoms with E-state index in [1.54, 1.807) is 25.3 Å². The Morgan fingerprint density at radius 2 is 1.89 bits per heavy atom. The average molecular weight is 479 g/mol. The van der Waals surface area contributed by atoms with Crippen molar-refractivity contribution in [2.75, 3.05) is 39.8 Å². The lowest BCUT2D eigenvalue weighted by atomic mass is 9.87. The number of carbonyl (C=O) groups is 1. The van der Waals surface area contributed by atoms with Crippen molar-refractivity contribution in [1.29, 1.82) is 0 Å². The van der Waals surface area contributed by atoms with Crippen LogP contribution in [-0.2, 0) is 7.05 Å². The second-order valence-electron chi connectivity index (χ2n) is 9.72. The highest BCUT2D eigenvalue weighted by molar-refractivity contribution is 5.88. The van der Waals surface area contributed by atoms with Crippen LogP contribution >= 0.6 is 0 Å². The summed E-state index contributed by atoms with van der Waals surface area (Å²) in [6.45, 7) is 4.02. The Hall–Kier alpha value is -3.20. The van der Waals surface area contributed by atoms with Crippen LogP contribution in [0.15, 0.2) is 35.3 Å². The fraction of sp³-hybridized carbons (Fsp3) is 0.538. The van der Waals surface area contributed by atoms with Gasteiger partial charge in [-0.3, -0.25) is 9.47 Å². The molecule has 0 radical (unpaired) electrons. The first kappa shape index (κ1) is 23.5. The number of imidazole rings is 1. The molecule has 9 heteroatoms. The minimum Gasteiger partial charge on any atom is -0.497 e. The van der Waals surface area contributed by atoms with Crippen LogP contribution < -0.4 is 10.4 Å². The van der Waals surface area contributed by atoms with Gasteiger partial charge < -0.3 is 9.64 Å². The number of rotatable bonds is 5. The number of amides is 1. The summed E-state index contributed by atoms with van der Waals surface area (Å²) in [6, 6.07) is 7.14. The molecule has 1 aromatic carbocycles. The van der Waals surface area contributed by atoms with Gasteiger partial charge in [0.05, 0.1) is 13.3 Å². The van der Waals surface area contributed by atoms with Gasteiger partial charge in [-0.05, 0) is 31.0 Å². The summed E-state index contributed by atoms with van der Waals surface area (Å²) in [6.07, 6.45) is 9.68. The molecule has 3 aromatic rings. The molecule has 0 unspecified atom stereocenters. The smallest absolute Gasteiger partial charge is 0.338 e. The predicted octanol–water partition coefficient (Wildman–Crippen LogP) is 3.36. The van der Waals surface area contributed by atoms with Gasteiger partial charge in [-0.1, -0.05) is 44.2 Å². The van der Waals surface area contributed by atoms with Gasteiger partial charge in [-0.2, -0.15) is 0 Å². The Kier molecular flexibility index (Phi) is 6.86. The van der Waals surface area contributed by atoms with E-state index in [1.165, 1.54) is 47.7 Å². The Balaban J connectivity index is 1.30. The Bertz CT molecular complexity index is 1250. The highest BCUT2D eigenvalue weighted by Gasteiger charge is 2.27. The largest absolute Gasteiger partial charge is 0.497 e. The first-order valence-corrected chi connectivity index (χ1v) is 12.7. The molecule has 1 aliphatic heterocycles. The van der Waals surface area contributed by atoms with Crippen LogP contribution in [0, 0.1) is 5.92 Å². The van der Waals surface area contributed by atoms with E-state index in [-0.39, 0.29) is 6.03 Å². The fourth-order valence-electron chi connectivity index (χ4n) is 5.35. The lowest BCUT2D eigenvalue weighted by molar-refractivity contribution is 0.133. The molecule has 1 aliphatic carbocycles. The number of carbonyl (C=O) groups excluding carboxylic acids is 1. The maximum Gasteiger partial charge on any atom is 0.338 e. The summed E-state index contributed by atoms with van der Waals surface area (Å²) < 4.78 is 7.92. The van der Waals surface area contributed by atoms with Gasteiger partial charge in [-0.15, -0.1) is 0 Å². The van der Waals surface area contributed by atoms with Crippen LogP contribution in [0.25, 0.3) is 22.6 Å². The van der Waals surface area contributed by atoms with E-state index < -0.39 is 5.69 Å². The van der Waals surface area contributed by atoms with Crippen LogP contribution in [0.4, 0.5) is 4.79 Å². The van der Waals surface area contributed by atoms with Crippen molar-refractivity contribution in [2.24, 2.45) is 13.0 Å². The van der Waals surface area contributed by atoms with Gasteiger partial charge in [-0.25, -0.2) is 24.1 Å². The second kappa shape index (κ2) is 10.2. The number of hydrogen-bond donors (Lipinski definition) is 0. The quantitative estimate of drug-likeness (QED) is 0.559. The summed E-state index contributed by atoms with van der Waals surface area (Å²) in [5.41, 5.74) is 1.24. The zero-order chi connectivity index (χ0) is 24.4. The molecule has 0 N–H and O–H groups in total. The molecule has 186 valence electrons. The van der Waals surface area contributed by atoms with E-state index >= 15 is 0 Å². The Morgan fingerprint density at radius 3 is 2.63 bits per heavy atom. The third-order valence-corrected chi connectivity index (χ3v) is 7.53. The van der Waals surface area contributed by atoms with Crippen LogP contribution in [0.5, 0.6) is 5.75 Å². The van der Waals surface area contributed by atoms with Gasteiger partial charge in [0.2, 0.25) is 0 Å². The Labute approximate surface area is 205 Å². The van der Waals surface area contributed by atoms with Crippen LogP contribution in [0.1, 0.15) is 38.5 Å². The van der Waals surface area contributed by atoms with E-state index in [0.29, 0.717) is 35.8 Å². The number of hydrogen-bond acceptors (Lipinski definition) is 6. The molecule has 3 heterocycles. The summed E-state index contributed by atoms with van der Waals surface area (Å²) in [4.78, 5) is 39.7. The monoisotopic (exact) mass is 478 g/mol. The van der Waals surface area contributed by atoms with Crippen LogP contribution in [-0.4, -0.2) is 74.8 Å². The summed E-state index contributed by atoms with van der Waals surface area (Å²) >= 11 is 0. The van der Waals surface area contributed by atoms with Crippen molar-refractivity contribution in [1.82, 2.24) is 28.9 Å². The van der Waals surface area contributed by atoms with Crippen molar-refractivity contribution >= 4 is 17.2 Å². The van der Waals surface area contributed by atoms with Gasteiger partial charge in [0.25, 0.3) is 0 Å². The molecule has 1 saturated carbocycles. The second-order valence-corrected chi connectivity index (χ2v) is 9.72. The standard InChI is InChI=1S/C26H34N6O3/c1-29-24-22(18-27-23(28-24)20-9-6-10-21(17-20)35-2)32(25(29)33)26(34)31-15-13-30(14-16-31)12-11-19-7-4-3-5-8-19/h6,9-10,17-19H,3-5,7-8,11-16H2,1-2H3. The molecule has 35 heavy (non-hydrogen) atoms. The highest BCUT2D eigenvalue weighted by atomic mass is 16.5. The number of benzene rings is 1. The first-order valence-electron chi connectivity index (χ1n) is 12.7. The van der Waals surface area contributed by atoms with Crippen molar-refractivity contribution in [2.45, 2.75) is 38.5 Å². The minimum absolute atomic E-state index is 0.301. The molecule has 1 amide bonds. The minimum atomic E-state index is -0.401. The molecular formula is C26H34N6O3. The van der Waals surface area contributed by atoms with E-state index in [9.17, 15) is 9.59 Å². The van der Waals surface area contributed by atoms with Crippen molar-refractivity contribution in [3.63, 3.8) is 0 Å². The zero-order valence-electron chi connectivity index (χ0n) is 20.7. The average Bonchev–Trinajstić information content (AvgIpc) is 3.17. The normalized spacial score (nSPS) is 17.7. The van der Waals surface area contributed by atoms with Crippen molar-refractivity contribution < 1.29 is 9.53 Å². The van der Waals surface area contributed by atoms with E-state index in [1.807, 2.05) is 24.3 Å². The number of piperazine rings is 1. The molecule has 5 rings (SSSR count). The van der Waals surface area contributed by atoms with Crippen LogP contribution in [0.2, 0.25) is 0 Å². The maximum absolute atomic E-state index is 13.4. The highest BCUT2D eigenvalue weighted by Crippen LogP contribution is 2.27. The Morgan fingerprint density at radius 1 is 1.11 bits per heavy atom. The van der Waals surface area contributed by atoms with E-state index in [0.717, 1.165) is 31.1 Å². The first-order chi connectivity index (χ1) is 17.0. The van der Waals surface area contributed by atoms with Crippen LogP contribution in [0.3, 0.4) is 0 Å². The number of aryl methyl sites for hydroxylation is 1. The lowest BCUT2D eigenvalue weighted by Crippen LogP contribution is -2.51. The molecular weight excluding hydrogens is 444 g/mol. The SMILES string of the molecule is COc1cccc(-c2ncc3c(n2)n(C)c(=O)n3C(=O)N2CCN(CCC3CCCCC3)CC2)c1. The number of aromatic nitrogens is 4. The molecule has 1 saturated heterocycles. The van der Waals surface area contributed by atoms with Gasteiger partial charge in [0.1, 0.15) is 11.3 Å². The molecule has 0 atom stereocenters. The van der Waals surface area contributed by atoms with Crippen molar-refractivity contribution in [3.05, 3.63) is 40.9 Å². The summed E-state index contributed by atoms with van der Waals surface area (Å²) in [5.74, 6) is 2.04. The topological polar surface area (TPSA) is 85.5 Å². The molecule has 0 spiro atoms. The number of fused-ring (bicyclic) bond motifs is 1. The summed E-state index contributed by atoms with van der Waals surface area (Å²) in [7, 11) is 3.25. The van der Waals surface area contributed by atoms with Gasteiger partial charge in [0, 0.05) is 38.8 Å². The third-order valence-electron chi connectivity index (χ3n) is 7.53. The fourth-order valence-corrected chi connectivity index (χ4v) is 5.35. The maximum atomic E-state index is 13.4. The van der Waals surface area contributed by atoms with Gasteiger partial charge in [0.15, 0.2) is 11.5 Å². The zero-order valence-corrected chi connectivity index (χ0v) is 20.7. The van der Waals surface area contributed by atoms with E-state index in [2.05, 4.69) is 14.9 Å². The molecule has 2 aliphatic rings. The molecule has 2 fully saturated rings.